The predicted octanol–water partition coefficient (Wildman–Crippen LogP) is 0.952. The molecule has 0 bridgehead atoms. The fourth-order valence-electron chi connectivity index (χ4n) is 1.09. The fourth-order valence-corrected chi connectivity index (χ4v) is 1.27. The molecular weight excluding hydrogens is 249 g/mol. The first-order chi connectivity index (χ1) is 7.85. The Hall–Kier alpha value is -1.17. The Kier molecular flexibility index (Phi) is 4.45. The van der Waals surface area contributed by atoms with Crippen molar-refractivity contribution in [3.05, 3.63) is 34.6 Å². The van der Waals surface area contributed by atoms with E-state index in [1.807, 2.05) is 0 Å². The molecule has 3 N–H and O–H groups in total. The number of hydrogen-bond acceptors (Lipinski definition) is 3. The molecule has 0 aliphatic rings. The van der Waals surface area contributed by atoms with E-state index in [9.17, 15) is 14.3 Å². The highest BCUT2D eigenvalue weighted by Crippen LogP contribution is 2.14. The number of benzene rings is 1. The van der Waals surface area contributed by atoms with Crippen molar-refractivity contribution in [2.24, 2.45) is 0 Å². The minimum atomic E-state index is -1.44. The van der Waals surface area contributed by atoms with E-state index < -0.39 is 23.9 Å². The second-order valence-electron chi connectivity index (χ2n) is 3.96. The van der Waals surface area contributed by atoms with Gasteiger partial charge in [-0.3, -0.25) is 4.79 Å². The van der Waals surface area contributed by atoms with E-state index in [1.165, 1.54) is 19.1 Å². The molecule has 6 heteroatoms. The number of rotatable bonds is 4. The number of carbonyl (C=O) groups excluding carboxylic acids is 1. The first kappa shape index (κ1) is 13.9. The van der Waals surface area contributed by atoms with Crippen LogP contribution in [-0.4, -0.2) is 34.9 Å². The van der Waals surface area contributed by atoms with Crippen LogP contribution in [0.15, 0.2) is 18.2 Å². The van der Waals surface area contributed by atoms with Crippen molar-refractivity contribution in [1.82, 2.24) is 5.32 Å². The molecule has 0 fully saturated rings. The average molecular weight is 262 g/mol. The largest absolute Gasteiger partial charge is 0.393 e. The Balaban J connectivity index is 2.74. The van der Waals surface area contributed by atoms with Crippen molar-refractivity contribution < 1.29 is 19.4 Å². The Bertz CT molecular complexity index is 423. The summed E-state index contributed by atoms with van der Waals surface area (Å²) in [5.74, 6) is -1.39. The van der Waals surface area contributed by atoms with E-state index in [1.54, 1.807) is 0 Å². The van der Waals surface area contributed by atoms with Crippen LogP contribution in [0.1, 0.15) is 17.3 Å². The van der Waals surface area contributed by atoms with Crippen LogP contribution in [0.3, 0.4) is 0 Å². The van der Waals surface area contributed by atoms with E-state index in [0.29, 0.717) is 0 Å². The molecular formula is C11H13ClFNO3. The van der Waals surface area contributed by atoms with Crippen LogP contribution < -0.4 is 5.32 Å². The zero-order valence-corrected chi connectivity index (χ0v) is 9.96. The third-order valence-corrected chi connectivity index (χ3v) is 2.38. The standard InChI is InChI=1S/C11H13ClFNO3/c1-11(17,6-15)5-14-10(16)8-4-7(12)2-3-9(8)13/h2-4,15,17H,5-6H2,1H3,(H,14,16). The van der Waals surface area contributed by atoms with E-state index in [2.05, 4.69) is 5.32 Å². The minimum Gasteiger partial charge on any atom is -0.393 e. The second kappa shape index (κ2) is 5.44. The van der Waals surface area contributed by atoms with Gasteiger partial charge in [0.2, 0.25) is 0 Å². The number of nitrogens with one attached hydrogen (secondary N) is 1. The molecule has 0 spiro atoms. The third-order valence-electron chi connectivity index (χ3n) is 2.14. The van der Waals surface area contributed by atoms with Gasteiger partial charge >= 0.3 is 0 Å². The van der Waals surface area contributed by atoms with Gasteiger partial charge in [0.15, 0.2) is 0 Å². The molecule has 1 amide bonds. The summed E-state index contributed by atoms with van der Waals surface area (Å²) in [6.45, 7) is 0.654. The van der Waals surface area contributed by atoms with Gasteiger partial charge in [0.25, 0.3) is 5.91 Å². The summed E-state index contributed by atoms with van der Waals surface area (Å²) in [4.78, 5) is 11.6. The highest BCUT2D eigenvalue weighted by molar-refractivity contribution is 6.30. The number of amides is 1. The molecule has 0 aliphatic heterocycles. The van der Waals surface area contributed by atoms with Crippen molar-refractivity contribution in [1.29, 1.82) is 0 Å². The van der Waals surface area contributed by atoms with Gasteiger partial charge in [-0.15, -0.1) is 0 Å². The number of aliphatic hydroxyl groups excluding tert-OH is 1. The SMILES string of the molecule is CC(O)(CO)CNC(=O)c1cc(Cl)ccc1F. The van der Waals surface area contributed by atoms with Gasteiger partial charge in [-0.05, 0) is 25.1 Å². The van der Waals surface area contributed by atoms with Gasteiger partial charge in [0.05, 0.1) is 12.2 Å². The lowest BCUT2D eigenvalue weighted by atomic mass is 10.1. The van der Waals surface area contributed by atoms with Crippen LogP contribution in [-0.2, 0) is 0 Å². The lowest BCUT2D eigenvalue weighted by Gasteiger charge is -2.20. The van der Waals surface area contributed by atoms with Crippen LogP contribution >= 0.6 is 11.6 Å². The van der Waals surface area contributed by atoms with Crippen molar-refractivity contribution >= 4 is 17.5 Å². The molecule has 0 saturated heterocycles. The summed E-state index contributed by atoms with van der Waals surface area (Å²) in [6.07, 6.45) is 0. The maximum atomic E-state index is 13.3. The molecule has 0 heterocycles. The lowest BCUT2D eigenvalue weighted by molar-refractivity contribution is 0.00317. The van der Waals surface area contributed by atoms with Gasteiger partial charge in [0, 0.05) is 11.6 Å². The lowest BCUT2D eigenvalue weighted by Crippen LogP contribution is -2.43. The fraction of sp³-hybridized carbons (Fsp3) is 0.364. The first-order valence-electron chi connectivity index (χ1n) is 4.92. The molecule has 0 aliphatic carbocycles. The number of aliphatic hydroxyl groups is 2. The van der Waals surface area contributed by atoms with Crippen LogP contribution in [0, 0.1) is 5.82 Å². The van der Waals surface area contributed by atoms with E-state index in [4.69, 9.17) is 16.7 Å². The quantitative estimate of drug-likeness (QED) is 0.756. The number of halogens is 2. The van der Waals surface area contributed by atoms with Crippen LogP contribution in [0.2, 0.25) is 5.02 Å². The van der Waals surface area contributed by atoms with E-state index in [0.717, 1.165) is 6.07 Å². The minimum absolute atomic E-state index is 0.186. The molecule has 1 unspecified atom stereocenters. The number of carbonyl (C=O) groups is 1. The molecule has 0 aromatic heterocycles. The summed E-state index contributed by atoms with van der Waals surface area (Å²) in [7, 11) is 0. The zero-order chi connectivity index (χ0) is 13.1. The van der Waals surface area contributed by atoms with Crippen molar-refractivity contribution in [2.45, 2.75) is 12.5 Å². The molecule has 1 aromatic rings. The smallest absolute Gasteiger partial charge is 0.254 e. The third kappa shape index (κ3) is 3.96. The van der Waals surface area contributed by atoms with Gasteiger partial charge in [-0.2, -0.15) is 0 Å². The van der Waals surface area contributed by atoms with Gasteiger partial charge in [0.1, 0.15) is 11.4 Å². The van der Waals surface area contributed by atoms with Crippen molar-refractivity contribution in [3.63, 3.8) is 0 Å². The summed E-state index contributed by atoms with van der Waals surface area (Å²) in [6, 6.07) is 3.61. The molecule has 4 nitrogen and oxygen atoms in total. The monoisotopic (exact) mass is 261 g/mol. The zero-order valence-electron chi connectivity index (χ0n) is 9.20. The molecule has 94 valence electrons. The molecule has 1 aromatic carbocycles. The maximum Gasteiger partial charge on any atom is 0.254 e. The Morgan fingerprint density at radius 2 is 2.24 bits per heavy atom. The summed E-state index contributed by atoms with van der Waals surface area (Å²) >= 11 is 5.64. The van der Waals surface area contributed by atoms with E-state index in [-0.39, 0.29) is 17.1 Å². The average Bonchev–Trinajstić information content (AvgIpc) is 2.29. The van der Waals surface area contributed by atoms with Crippen molar-refractivity contribution in [2.75, 3.05) is 13.2 Å². The predicted molar refractivity (Wildman–Crippen MR) is 61.5 cm³/mol. The Labute approximate surface area is 103 Å². The summed E-state index contributed by atoms with van der Waals surface area (Å²) in [5.41, 5.74) is -1.64. The highest BCUT2D eigenvalue weighted by Gasteiger charge is 2.21. The molecule has 17 heavy (non-hydrogen) atoms. The molecule has 1 rings (SSSR count). The van der Waals surface area contributed by atoms with Gasteiger partial charge < -0.3 is 15.5 Å². The molecule has 0 radical (unpaired) electrons. The molecule has 1 atom stereocenters. The maximum absolute atomic E-state index is 13.3. The topological polar surface area (TPSA) is 69.6 Å². The first-order valence-corrected chi connectivity index (χ1v) is 5.30. The second-order valence-corrected chi connectivity index (χ2v) is 4.40. The highest BCUT2D eigenvalue weighted by atomic mass is 35.5. The normalized spacial score (nSPS) is 14.2. The van der Waals surface area contributed by atoms with Gasteiger partial charge in [-0.1, -0.05) is 11.6 Å². The Morgan fingerprint density at radius 1 is 1.59 bits per heavy atom. The van der Waals surface area contributed by atoms with E-state index >= 15 is 0 Å². The number of hydrogen-bond donors (Lipinski definition) is 3. The molecule has 0 saturated carbocycles. The summed E-state index contributed by atoms with van der Waals surface area (Å²) < 4.78 is 13.3. The van der Waals surface area contributed by atoms with Gasteiger partial charge in [-0.25, -0.2) is 4.39 Å². The van der Waals surface area contributed by atoms with Crippen LogP contribution in [0.25, 0.3) is 0 Å². The summed E-state index contributed by atoms with van der Waals surface area (Å²) in [5, 5.41) is 20.8. The Morgan fingerprint density at radius 3 is 2.82 bits per heavy atom. The van der Waals surface area contributed by atoms with Crippen molar-refractivity contribution in [3.8, 4) is 0 Å². The van der Waals surface area contributed by atoms with Crippen LogP contribution in [0.4, 0.5) is 4.39 Å². The van der Waals surface area contributed by atoms with Crippen LogP contribution in [0.5, 0.6) is 0 Å².